The summed E-state index contributed by atoms with van der Waals surface area (Å²) in [6.45, 7) is 0.413. The van der Waals surface area contributed by atoms with Crippen LogP contribution >= 0.6 is 11.3 Å². The Morgan fingerprint density at radius 2 is 1.74 bits per heavy atom. The van der Waals surface area contributed by atoms with Crippen LogP contribution < -0.4 is 19.9 Å². The molecule has 1 aromatic carbocycles. The molecule has 0 aliphatic rings. The number of rotatable bonds is 6. The van der Waals surface area contributed by atoms with Crippen molar-refractivity contribution in [3.05, 3.63) is 40.6 Å². The van der Waals surface area contributed by atoms with Crippen LogP contribution in [0.5, 0.6) is 17.2 Å². The van der Waals surface area contributed by atoms with Crippen LogP contribution in [0.4, 0.5) is 0 Å². The highest BCUT2D eigenvalue weighted by Gasteiger charge is 2.13. The van der Waals surface area contributed by atoms with Crippen molar-refractivity contribution in [3.63, 3.8) is 0 Å². The lowest BCUT2D eigenvalue weighted by molar-refractivity contribution is 0.213. The highest BCUT2D eigenvalue weighted by atomic mass is 32.1. The Balaban J connectivity index is 2.21. The van der Waals surface area contributed by atoms with Crippen LogP contribution in [-0.4, -0.2) is 20.8 Å². The van der Waals surface area contributed by atoms with E-state index in [-0.39, 0.29) is 6.10 Å². The summed E-state index contributed by atoms with van der Waals surface area (Å²) in [5.74, 6) is 2.06. The van der Waals surface area contributed by atoms with Crippen LogP contribution in [0, 0.1) is 0 Å². The number of nitrogens with two attached hydrogens (primary N) is 1. The average molecular weight is 279 g/mol. The van der Waals surface area contributed by atoms with Gasteiger partial charge in [-0.2, -0.15) is 11.3 Å². The van der Waals surface area contributed by atoms with Crippen molar-refractivity contribution in [1.29, 1.82) is 0 Å². The van der Waals surface area contributed by atoms with Gasteiger partial charge in [-0.15, -0.1) is 0 Å². The molecule has 4 nitrogen and oxygen atoms in total. The molecule has 0 aliphatic heterocycles. The second-order valence-corrected chi connectivity index (χ2v) is 4.73. The van der Waals surface area contributed by atoms with Gasteiger partial charge in [0.1, 0.15) is 23.4 Å². The molecule has 0 amide bonds. The van der Waals surface area contributed by atoms with Crippen LogP contribution in [0.25, 0.3) is 0 Å². The number of ether oxygens (including phenoxy) is 3. The van der Waals surface area contributed by atoms with Gasteiger partial charge in [0.25, 0.3) is 0 Å². The third-order valence-corrected chi connectivity index (χ3v) is 3.43. The monoisotopic (exact) mass is 279 g/mol. The first-order chi connectivity index (χ1) is 9.26. The molecular formula is C14H17NO3S. The van der Waals surface area contributed by atoms with Gasteiger partial charge in [-0.05, 0) is 16.8 Å². The van der Waals surface area contributed by atoms with Crippen LogP contribution in [-0.2, 0) is 0 Å². The first-order valence-electron chi connectivity index (χ1n) is 5.88. The van der Waals surface area contributed by atoms with Gasteiger partial charge in [-0.3, -0.25) is 0 Å². The lowest BCUT2D eigenvalue weighted by Crippen LogP contribution is -2.17. The molecule has 1 aromatic heterocycles. The van der Waals surface area contributed by atoms with E-state index in [0.717, 1.165) is 5.56 Å². The van der Waals surface area contributed by atoms with E-state index in [1.807, 2.05) is 29.0 Å². The number of methoxy groups -OCH3 is 2. The summed E-state index contributed by atoms with van der Waals surface area (Å²) >= 11 is 1.62. The normalized spacial score (nSPS) is 11.9. The van der Waals surface area contributed by atoms with Crippen molar-refractivity contribution in [2.24, 2.45) is 5.73 Å². The maximum absolute atomic E-state index is 5.91. The summed E-state index contributed by atoms with van der Waals surface area (Å²) in [4.78, 5) is 0. The minimum absolute atomic E-state index is 0.164. The number of thiophene rings is 1. The van der Waals surface area contributed by atoms with Crippen molar-refractivity contribution in [1.82, 2.24) is 0 Å². The topological polar surface area (TPSA) is 53.7 Å². The maximum atomic E-state index is 5.91. The predicted molar refractivity (Wildman–Crippen MR) is 76.3 cm³/mol. The Bertz CT molecular complexity index is 491. The van der Waals surface area contributed by atoms with E-state index in [1.165, 1.54) is 0 Å². The van der Waals surface area contributed by atoms with Gasteiger partial charge in [0.15, 0.2) is 0 Å². The summed E-state index contributed by atoms with van der Waals surface area (Å²) in [6.07, 6.45) is -0.164. The molecule has 0 bridgehead atoms. The standard InChI is InChI=1S/C14H17NO3S/c1-16-11-5-12(17-2)7-13(6-11)18-14(8-15)10-3-4-19-9-10/h3-7,9,14H,8,15H2,1-2H3. The molecule has 0 aliphatic carbocycles. The SMILES string of the molecule is COc1cc(OC)cc(OC(CN)c2ccsc2)c1. The number of hydrogen-bond donors (Lipinski definition) is 1. The molecule has 5 heteroatoms. The van der Waals surface area contributed by atoms with Gasteiger partial charge >= 0.3 is 0 Å². The third kappa shape index (κ3) is 3.39. The lowest BCUT2D eigenvalue weighted by atomic mass is 10.2. The largest absolute Gasteiger partial charge is 0.496 e. The Morgan fingerprint density at radius 1 is 1.11 bits per heavy atom. The molecule has 2 N–H and O–H groups in total. The molecule has 2 aromatic rings. The Labute approximate surface area is 116 Å². The fraction of sp³-hybridized carbons (Fsp3) is 0.286. The van der Waals surface area contributed by atoms with Crippen LogP contribution in [0.3, 0.4) is 0 Å². The first kappa shape index (κ1) is 13.7. The molecule has 1 unspecified atom stereocenters. The van der Waals surface area contributed by atoms with Crippen molar-refractivity contribution >= 4 is 11.3 Å². The van der Waals surface area contributed by atoms with Crippen LogP contribution in [0.2, 0.25) is 0 Å². The Morgan fingerprint density at radius 3 is 2.21 bits per heavy atom. The van der Waals surface area contributed by atoms with Gasteiger partial charge in [0, 0.05) is 30.3 Å². The van der Waals surface area contributed by atoms with E-state index < -0.39 is 0 Å². The van der Waals surface area contributed by atoms with Gasteiger partial charge in [0.05, 0.1) is 14.2 Å². The predicted octanol–water partition coefficient (Wildman–Crippen LogP) is 2.84. The second-order valence-electron chi connectivity index (χ2n) is 3.95. The first-order valence-corrected chi connectivity index (χ1v) is 6.83. The molecule has 2 rings (SSSR count). The second kappa shape index (κ2) is 6.45. The van der Waals surface area contributed by atoms with Crippen LogP contribution in [0.15, 0.2) is 35.0 Å². The van der Waals surface area contributed by atoms with Gasteiger partial charge in [0.2, 0.25) is 0 Å². The smallest absolute Gasteiger partial charge is 0.137 e. The molecule has 0 saturated carbocycles. The van der Waals surface area contributed by atoms with E-state index in [9.17, 15) is 0 Å². The third-order valence-electron chi connectivity index (χ3n) is 2.73. The minimum atomic E-state index is -0.164. The lowest BCUT2D eigenvalue weighted by Gasteiger charge is -2.17. The highest BCUT2D eigenvalue weighted by molar-refractivity contribution is 7.07. The van der Waals surface area contributed by atoms with Gasteiger partial charge in [-0.1, -0.05) is 0 Å². The van der Waals surface area contributed by atoms with E-state index >= 15 is 0 Å². The highest BCUT2D eigenvalue weighted by Crippen LogP contribution is 2.30. The molecule has 102 valence electrons. The molecule has 19 heavy (non-hydrogen) atoms. The molecule has 1 atom stereocenters. The molecule has 0 radical (unpaired) electrons. The van der Waals surface area contributed by atoms with E-state index in [1.54, 1.807) is 31.6 Å². The van der Waals surface area contributed by atoms with E-state index in [2.05, 4.69) is 0 Å². The quantitative estimate of drug-likeness (QED) is 0.883. The zero-order valence-corrected chi connectivity index (χ0v) is 11.8. The zero-order valence-electron chi connectivity index (χ0n) is 11.0. The molecule has 1 heterocycles. The number of hydrogen-bond acceptors (Lipinski definition) is 5. The molecule has 0 fully saturated rings. The Kier molecular flexibility index (Phi) is 4.65. The van der Waals surface area contributed by atoms with Gasteiger partial charge < -0.3 is 19.9 Å². The fourth-order valence-electron chi connectivity index (χ4n) is 1.72. The fourth-order valence-corrected chi connectivity index (χ4v) is 2.43. The van der Waals surface area contributed by atoms with Crippen molar-refractivity contribution in [3.8, 4) is 17.2 Å². The maximum Gasteiger partial charge on any atom is 0.137 e. The van der Waals surface area contributed by atoms with Gasteiger partial charge in [-0.25, -0.2) is 0 Å². The molecule has 0 spiro atoms. The minimum Gasteiger partial charge on any atom is -0.496 e. The van der Waals surface area contributed by atoms with Crippen molar-refractivity contribution in [2.75, 3.05) is 20.8 Å². The van der Waals surface area contributed by atoms with E-state index in [4.69, 9.17) is 19.9 Å². The molecule has 0 saturated heterocycles. The Hall–Kier alpha value is -1.72. The summed E-state index contributed by atoms with van der Waals surface area (Å²) in [7, 11) is 3.22. The average Bonchev–Trinajstić information content (AvgIpc) is 2.98. The van der Waals surface area contributed by atoms with Crippen molar-refractivity contribution < 1.29 is 14.2 Å². The molecular weight excluding hydrogens is 262 g/mol. The van der Waals surface area contributed by atoms with Crippen LogP contribution in [0.1, 0.15) is 11.7 Å². The van der Waals surface area contributed by atoms with E-state index in [0.29, 0.717) is 23.8 Å². The summed E-state index contributed by atoms with van der Waals surface area (Å²) in [5, 5.41) is 4.04. The number of benzene rings is 1. The zero-order chi connectivity index (χ0) is 13.7. The summed E-state index contributed by atoms with van der Waals surface area (Å²) < 4.78 is 16.3. The summed E-state index contributed by atoms with van der Waals surface area (Å²) in [6, 6.07) is 7.45. The van der Waals surface area contributed by atoms with Crippen molar-refractivity contribution in [2.45, 2.75) is 6.10 Å². The summed E-state index contributed by atoms with van der Waals surface area (Å²) in [5.41, 5.74) is 6.85.